The van der Waals surface area contributed by atoms with Gasteiger partial charge in [-0.15, -0.1) is 0 Å². The summed E-state index contributed by atoms with van der Waals surface area (Å²) in [6, 6.07) is 9.20. The second-order valence-corrected chi connectivity index (χ2v) is 8.25. The maximum atomic E-state index is 12.3. The normalized spacial score (nSPS) is 22.7. The van der Waals surface area contributed by atoms with E-state index in [2.05, 4.69) is 20.7 Å². The number of imide groups is 1. The average Bonchev–Trinajstić information content (AvgIpc) is 3.41. The molecule has 2 fully saturated rings. The summed E-state index contributed by atoms with van der Waals surface area (Å²) in [4.78, 5) is 42.1. The van der Waals surface area contributed by atoms with Crippen molar-refractivity contribution in [3.05, 3.63) is 65.1 Å². The Bertz CT molecular complexity index is 1220. The first-order valence-corrected chi connectivity index (χ1v) is 10.2. The van der Waals surface area contributed by atoms with Gasteiger partial charge in [0, 0.05) is 44.2 Å². The summed E-state index contributed by atoms with van der Waals surface area (Å²) in [6.07, 6.45) is 4.38. The molecule has 3 atom stereocenters. The average molecular weight is 418 g/mol. The largest absolute Gasteiger partial charge is 0.345 e. The highest BCUT2D eigenvalue weighted by atomic mass is 16.2. The van der Waals surface area contributed by atoms with E-state index in [4.69, 9.17) is 0 Å². The first-order valence-electron chi connectivity index (χ1n) is 10.2. The minimum absolute atomic E-state index is 0.0220. The van der Waals surface area contributed by atoms with Crippen LogP contribution in [0.25, 0.3) is 5.65 Å². The Balaban J connectivity index is 1.47. The number of fused-ring (bicyclic) bond motifs is 1. The van der Waals surface area contributed by atoms with Crippen molar-refractivity contribution >= 4 is 23.5 Å². The molecule has 158 valence electrons. The van der Waals surface area contributed by atoms with Gasteiger partial charge < -0.3 is 10.2 Å². The molecule has 0 radical (unpaired) electrons. The molecule has 1 saturated heterocycles. The van der Waals surface area contributed by atoms with Crippen molar-refractivity contribution < 1.29 is 14.4 Å². The Morgan fingerprint density at radius 2 is 2.03 bits per heavy atom. The molecule has 1 aromatic carbocycles. The molecule has 3 heterocycles. The smallest absolute Gasteiger partial charge is 0.321 e. The number of imidazole rings is 1. The number of benzene rings is 1. The zero-order chi connectivity index (χ0) is 21.7. The van der Waals surface area contributed by atoms with Crippen LogP contribution >= 0.6 is 0 Å². The SMILES string of the molecule is CN(C)C(=O)c1cccc([C@H]2C[C@@H]2c2cc(C3CNC(=O)NC3=O)nn3ccnc23)c1. The van der Waals surface area contributed by atoms with E-state index in [1.165, 1.54) is 0 Å². The highest BCUT2D eigenvalue weighted by Crippen LogP contribution is 2.55. The first kappa shape index (κ1) is 19.2. The van der Waals surface area contributed by atoms with Crippen molar-refractivity contribution in [2.24, 2.45) is 0 Å². The Hall–Kier alpha value is -3.75. The molecule has 1 aliphatic heterocycles. The van der Waals surface area contributed by atoms with E-state index < -0.39 is 11.9 Å². The van der Waals surface area contributed by atoms with E-state index >= 15 is 0 Å². The van der Waals surface area contributed by atoms with Crippen LogP contribution in [0, 0.1) is 0 Å². The van der Waals surface area contributed by atoms with Crippen LogP contribution in [-0.4, -0.2) is 58.0 Å². The molecule has 4 amide bonds. The van der Waals surface area contributed by atoms with Crippen molar-refractivity contribution in [2.45, 2.75) is 24.2 Å². The predicted octanol–water partition coefficient (Wildman–Crippen LogP) is 1.63. The lowest BCUT2D eigenvalue weighted by Gasteiger charge is -2.22. The Morgan fingerprint density at radius 3 is 2.81 bits per heavy atom. The second kappa shape index (κ2) is 7.19. The van der Waals surface area contributed by atoms with Gasteiger partial charge in [0.1, 0.15) is 0 Å². The summed E-state index contributed by atoms with van der Waals surface area (Å²) in [5.74, 6) is -0.445. The van der Waals surface area contributed by atoms with E-state index in [1.807, 2.05) is 30.3 Å². The number of aromatic nitrogens is 3. The number of hydrogen-bond donors (Lipinski definition) is 2. The minimum Gasteiger partial charge on any atom is -0.345 e. The topological polar surface area (TPSA) is 109 Å². The predicted molar refractivity (Wildman–Crippen MR) is 112 cm³/mol. The van der Waals surface area contributed by atoms with Crippen molar-refractivity contribution in [3.8, 4) is 0 Å². The fraction of sp³-hybridized carbons (Fsp3) is 0.318. The number of urea groups is 1. The molecule has 31 heavy (non-hydrogen) atoms. The molecule has 1 aliphatic carbocycles. The van der Waals surface area contributed by atoms with Crippen molar-refractivity contribution in [1.29, 1.82) is 0 Å². The van der Waals surface area contributed by atoms with Crippen LogP contribution in [0.3, 0.4) is 0 Å². The Kier molecular flexibility index (Phi) is 4.46. The maximum absolute atomic E-state index is 12.3. The molecule has 9 nitrogen and oxygen atoms in total. The van der Waals surface area contributed by atoms with Gasteiger partial charge in [0.2, 0.25) is 5.91 Å². The van der Waals surface area contributed by atoms with Gasteiger partial charge in [0.05, 0.1) is 11.6 Å². The lowest BCUT2D eigenvalue weighted by atomic mass is 9.98. The number of carbonyl (C=O) groups excluding carboxylic acids is 3. The van der Waals surface area contributed by atoms with Crippen LogP contribution in [0.5, 0.6) is 0 Å². The third-order valence-electron chi connectivity index (χ3n) is 5.94. The fourth-order valence-corrected chi connectivity index (χ4v) is 4.24. The number of amides is 4. The van der Waals surface area contributed by atoms with E-state index in [0.29, 0.717) is 11.3 Å². The molecular formula is C22H22N6O3. The quantitative estimate of drug-likeness (QED) is 0.669. The lowest BCUT2D eigenvalue weighted by Crippen LogP contribution is -2.51. The van der Waals surface area contributed by atoms with Crippen LogP contribution in [-0.2, 0) is 4.79 Å². The zero-order valence-corrected chi connectivity index (χ0v) is 17.2. The zero-order valence-electron chi connectivity index (χ0n) is 17.2. The van der Waals surface area contributed by atoms with Gasteiger partial charge in [-0.1, -0.05) is 12.1 Å². The summed E-state index contributed by atoms with van der Waals surface area (Å²) in [5, 5.41) is 9.51. The number of rotatable bonds is 4. The summed E-state index contributed by atoms with van der Waals surface area (Å²) >= 11 is 0. The van der Waals surface area contributed by atoms with Gasteiger partial charge in [-0.2, -0.15) is 5.10 Å². The van der Waals surface area contributed by atoms with Crippen LogP contribution in [0.15, 0.2) is 42.7 Å². The van der Waals surface area contributed by atoms with Crippen LogP contribution in [0.2, 0.25) is 0 Å². The van der Waals surface area contributed by atoms with E-state index in [1.54, 1.807) is 35.9 Å². The molecular weight excluding hydrogens is 396 g/mol. The third-order valence-corrected chi connectivity index (χ3v) is 5.94. The Morgan fingerprint density at radius 1 is 1.19 bits per heavy atom. The van der Waals surface area contributed by atoms with Crippen LogP contribution in [0.1, 0.15) is 51.4 Å². The molecule has 3 aromatic rings. The summed E-state index contributed by atoms with van der Waals surface area (Å²) < 4.78 is 1.69. The van der Waals surface area contributed by atoms with E-state index in [0.717, 1.165) is 23.2 Å². The van der Waals surface area contributed by atoms with Gasteiger partial charge in [-0.3, -0.25) is 14.9 Å². The second-order valence-electron chi connectivity index (χ2n) is 8.25. The molecule has 0 spiro atoms. The molecule has 2 aliphatic rings. The minimum atomic E-state index is -0.554. The summed E-state index contributed by atoms with van der Waals surface area (Å²) in [6.45, 7) is 0.208. The molecule has 1 saturated carbocycles. The number of hydrogen-bond acceptors (Lipinski definition) is 5. The summed E-state index contributed by atoms with van der Waals surface area (Å²) in [7, 11) is 3.48. The van der Waals surface area contributed by atoms with Gasteiger partial charge in [0.15, 0.2) is 5.65 Å². The third kappa shape index (κ3) is 3.41. The van der Waals surface area contributed by atoms with Gasteiger partial charge in [-0.25, -0.2) is 14.3 Å². The molecule has 0 bridgehead atoms. The van der Waals surface area contributed by atoms with Gasteiger partial charge in [0.25, 0.3) is 5.91 Å². The van der Waals surface area contributed by atoms with Crippen molar-refractivity contribution in [3.63, 3.8) is 0 Å². The fourth-order valence-electron chi connectivity index (χ4n) is 4.24. The lowest BCUT2D eigenvalue weighted by molar-refractivity contribution is -0.122. The Labute approximate surface area is 178 Å². The highest BCUT2D eigenvalue weighted by Gasteiger charge is 2.42. The molecule has 5 rings (SSSR count). The molecule has 1 unspecified atom stereocenters. The number of nitrogens with one attached hydrogen (secondary N) is 2. The van der Waals surface area contributed by atoms with E-state index in [-0.39, 0.29) is 30.2 Å². The molecule has 9 heteroatoms. The standard InChI is InChI=1S/C22H22N6O3/c1-27(2)21(30)13-5-3-4-12(8-13)14-9-15(14)16-10-18(26-28-7-6-23-19(16)28)17-11-24-22(31)25-20(17)29/h3-8,10,14-15,17H,9,11H2,1-2H3,(H2,24,25,29,31)/t14-,15+,17?/m1/s1. The van der Waals surface area contributed by atoms with Gasteiger partial charge in [-0.05, 0) is 42.0 Å². The number of nitrogens with zero attached hydrogens (tertiary/aromatic N) is 4. The number of carbonyl (C=O) groups is 3. The molecule has 2 aromatic heterocycles. The van der Waals surface area contributed by atoms with Crippen LogP contribution in [0.4, 0.5) is 4.79 Å². The summed E-state index contributed by atoms with van der Waals surface area (Å²) in [5.41, 5.74) is 4.17. The van der Waals surface area contributed by atoms with E-state index in [9.17, 15) is 14.4 Å². The highest BCUT2D eigenvalue weighted by molar-refractivity contribution is 6.00. The molecule has 2 N–H and O–H groups in total. The van der Waals surface area contributed by atoms with Crippen molar-refractivity contribution in [2.75, 3.05) is 20.6 Å². The van der Waals surface area contributed by atoms with Crippen molar-refractivity contribution in [1.82, 2.24) is 30.1 Å². The van der Waals surface area contributed by atoms with Gasteiger partial charge >= 0.3 is 6.03 Å². The first-order chi connectivity index (χ1) is 14.9. The van der Waals surface area contributed by atoms with Crippen LogP contribution < -0.4 is 10.6 Å². The maximum Gasteiger partial charge on any atom is 0.321 e. The monoisotopic (exact) mass is 418 g/mol.